The van der Waals surface area contributed by atoms with Crippen LogP contribution in [0.4, 0.5) is 11.4 Å². The first-order valence-corrected chi connectivity index (χ1v) is 34.9. The number of benzene rings is 5. The summed E-state index contributed by atoms with van der Waals surface area (Å²) in [6.07, 6.45) is -6.28. The molecule has 101 heavy (non-hydrogen) atoms. The monoisotopic (exact) mass is 1450 g/mol. The van der Waals surface area contributed by atoms with E-state index in [9.17, 15) is 60.0 Å². The molecule has 0 radical (unpaired) electrons. The zero-order chi connectivity index (χ0) is 71.6. The molecule has 9 N–H and O–H groups in total. The van der Waals surface area contributed by atoms with Crippen LogP contribution in [0.25, 0.3) is 33.7 Å². The van der Waals surface area contributed by atoms with Gasteiger partial charge in [-0.25, -0.2) is 0 Å². The molecule has 3 amide bonds. The fourth-order valence-corrected chi connectivity index (χ4v) is 12.7. The van der Waals surface area contributed by atoms with Crippen molar-refractivity contribution in [1.82, 2.24) is 5.32 Å². The molecule has 27 nitrogen and oxygen atoms in total. The van der Waals surface area contributed by atoms with E-state index in [0.717, 1.165) is 28.2 Å². The Balaban J connectivity index is 0.794. The fourth-order valence-electron chi connectivity index (χ4n) is 12.2. The van der Waals surface area contributed by atoms with Crippen molar-refractivity contribution in [2.24, 2.45) is 0 Å². The summed E-state index contributed by atoms with van der Waals surface area (Å²) in [6.45, 7) is 4.44. The van der Waals surface area contributed by atoms with Crippen LogP contribution in [0.5, 0.6) is 17.2 Å². The molecule has 4 heterocycles. The lowest BCUT2D eigenvalue weighted by molar-refractivity contribution is -0.277. The molecule has 552 valence electrons. The maximum Gasteiger partial charge on any atom is 0.251 e. The number of hydrogen-bond acceptors (Lipinski definition) is 24. The van der Waals surface area contributed by atoms with Gasteiger partial charge >= 0.3 is 0 Å². The van der Waals surface area contributed by atoms with Crippen LogP contribution in [-0.2, 0) is 61.8 Å². The zero-order valence-electron chi connectivity index (χ0n) is 56.0. The Hall–Kier alpha value is -6.52. The Labute approximate surface area is 594 Å². The Morgan fingerprint density at radius 2 is 0.931 bits per heavy atom. The molecular weight excluding hydrogens is 1360 g/mol. The summed E-state index contributed by atoms with van der Waals surface area (Å²) in [5.41, 5.74) is 3.59. The molecule has 4 aliphatic rings. The number of aldehydes is 1. The predicted octanol–water partition coefficient (Wildman–Crippen LogP) is 3.49. The molecule has 5 aromatic carbocycles. The molecule has 0 saturated carbocycles. The summed E-state index contributed by atoms with van der Waals surface area (Å²) in [4.78, 5) is 54.2. The number of rotatable bonds is 42. The molecule has 0 bridgehead atoms. The van der Waals surface area contributed by atoms with Gasteiger partial charge in [0.2, 0.25) is 18.5 Å². The number of nitrogens with zero attached hydrogens (tertiary/aromatic N) is 2. The summed E-state index contributed by atoms with van der Waals surface area (Å²) in [7, 11) is 0. The lowest BCUT2D eigenvalue weighted by Crippen LogP contribution is -2.60. The SMILES string of the molecule is O=CCCCCC(=O)NCCOCCOCCOCCOCCOCCOCCOCCOc1cc(/C=C/C(=O)N2CC(CCl)c3c2cc(O[C@@H]2O[C@H](CO)[C@@H](O)[C@H](O)[C@H]2O)c2ccccc32)ccc1/C=C/C(=O)N1C[C@@H](CCl)c2c1cc(O[C@@H]1O[C@H](CO)[C@@H](O)[C@H](O)[C@H]1O)c1ccccc21. The van der Waals surface area contributed by atoms with E-state index in [2.05, 4.69) is 5.32 Å². The van der Waals surface area contributed by atoms with Crippen molar-refractivity contribution < 1.29 is 117 Å². The second kappa shape index (κ2) is 40.5. The Bertz CT molecular complexity index is 3530. The average molecular weight is 1450 g/mol. The molecule has 0 aliphatic carbocycles. The summed E-state index contributed by atoms with van der Waals surface area (Å²) in [5, 5.41) is 89.1. The standard InChI is InChI=1S/C72H91Cl2N3O24/c73-39-47-41-76(53-37-56(49-8-3-5-10-51(49)63(47)53)98-71-69(88)67(86)65(84)58(43-79)100-71)61(82)17-14-45-13-15-46(16-18-62(83)77-42-48(40-74)64-52-11-6-4-9-50(52)57(38-54(64)77)99-72-70(89)68(87)66(85)59(44-80)101-72)55(36-45)97-35-34-96-33-32-95-31-30-94-29-28-93-27-26-92-25-24-91-23-22-90-21-19-75-60(81)12-2-1-7-20-78/h3-6,8-11,13-18,20,36-38,47-48,58-59,65-72,79-80,84-89H,1-2,7,12,19,21-35,39-44H2,(H,75,81)/b17-14+,18-16+/t47?,48-,58-,59-,65-,66-,67+,68+,69-,70-,71-,72-/m1/s1. The summed E-state index contributed by atoms with van der Waals surface area (Å²) < 4.78 is 69.4. The second-order valence-electron chi connectivity index (χ2n) is 24.3. The number of alkyl halides is 2. The molecular formula is C72H91Cl2N3O24. The molecule has 0 aromatic heterocycles. The van der Waals surface area contributed by atoms with Gasteiger partial charge in [-0.3, -0.25) is 14.4 Å². The molecule has 5 aromatic rings. The van der Waals surface area contributed by atoms with Gasteiger partial charge in [-0.1, -0.05) is 60.7 Å². The number of halogens is 2. The van der Waals surface area contributed by atoms with E-state index >= 15 is 0 Å². The summed E-state index contributed by atoms with van der Waals surface area (Å²) in [5.74, 6) is -0.411. The van der Waals surface area contributed by atoms with Gasteiger partial charge in [0, 0.05) is 96.7 Å². The highest BCUT2D eigenvalue weighted by molar-refractivity contribution is 6.20. The van der Waals surface area contributed by atoms with Crippen molar-refractivity contribution in [1.29, 1.82) is 0 Å². The third-order valence-electron chi connectivity index (χ3n) is 17.5. The number of aliphatic hydroxyl groups is 8. The van der Waals surface area contributed by atoms with Crippen molar-refractivity contribution in [3.8, 4) is 17.2 Å². The zero-order valence-corrected chi connectivity index (χ0v) is 57.5. The van der Waals surface area contributed by atoms with E-state index in [4.69, 9.17) is 80.0 Å². The first-order valence-electron chi connectivity index (χ1n) is 33.9. The van der Waals surface area contributed by atoms with Crippen LogP contribution in [0.15, 0.2) is 91.0 Å². The largest absolute Gasteiger partial charge is 0.491 e. The minimum absolute atomic E-state index is 0.0551. The van der Waals surface area contributed by atoms with Crippen molar-refractivity contribution in [3.63, 3.8) is 0 Å². The van der Waals surface area contributed by atoms with Gasteiger partial charge in [-0.15, -0.1) is 23.2 Å². The molecule has 2 fully saturated rings. The van der Waals surface area contributed by atoms with E-state index in [1.165, 1.54) is 12.2 Å². The van der Waals surface area contributed by atoms with Gasteiger partial charge in [0.1, 0.15) is 79.0 Å². The molecule has 0 spiro atoms. The van der Waals surface area contributed by atoms with Crippen molar-refractivity contribution in [2.75, 3.05) is 154 Å². The van der Waals surface area contributed by atoms with Gasteiger partial charge in [-0.05, 0) is 58.5 Å². The Kier molecular flexibility index (Phi) is 31.5. The number of amides is 3. The minimum Gasteiger partial charge on any atom is -0.491 e. The average Bonchev–Trinajstić information content (AvgIpc) is 1.64. The van der Waals surface area contributed by atoms with E-state index in [1.54, 1.807) is 76.5 Å². The highest BCUT2D eigenvalue weighted by Crippen LogP contribution is 2.48. The van der Waals surface area contributed by atoms with Crippen LogP contribution in [-0.4, -0.2) is 270 Å². The van der Waals surface area contributed by atoms with Crippen LogP contribution in [0, 0.1) is 0 Å². The van der Waals surface area contributed by atoms with Crippen molar-refractivity contribution >= 4 is 92.3 Å². The van der Waals surface area contributed by atoms with Crippen molar-refractivity contribution in [2.45, 2.75) is 98.9 Å². The number of ether oxygens (including phenoxy) is 12. The maximum atomic E-state index is 14.6. The lowest BCUT2D eigenvalue weighted by Gasteiger charge is -2.39. The third-order valence-corrected chi connectivity index (χ3v) is 18.2. The van der Waals surface area contributed by atoms with Gasteiger partial charge in [0.05, 0.1) is 117 Å². The van der Waals surface area contributed by atoms with Crippen LogP contribution < -0.4 is 29.3 Å². The first-order chi connectivity index (χ1) is 49.2. The minimum atomic E-state index is -1.69. The number of anilines is 2. The number of nitrogens with one attached hydrogen (secondary N) is 1. The highest BCUT2D eigenvalue weighted by Gasteiger charge is 2.47. The molecule has 29 heteroatoms. The Morgan fingerprint density at radius 3 is 1.37 bits per heavy atom. The maximum absolute atomic E-state index is 14.6. The predicted molar refractivity (Wildman–Crippen MR) is 372 cm³/mol. The summed E-state index contributed by atoms with van der Waals surface area (Å²) in [6, 6.07) is 23.1. The van der Waals surface area contributed by atoms with Gasteiger partial charge in [-0.2, -0.15) is 0 Å². The molecule has 4 aliphatic heterocycles. The fraction of sp³-hybridized carbons (Fsp3) is 0.528. The quantitative estimate of drug-likeness (QED) is 0.0117. The summed E-state index contributed by atoms with van der Waals surface area (Å²) >= 11 is 13.2. The topological polar surface area (TPSA) is 359 Å². The van der Waals surface area contributed by atoms with Crippen LogP contribution in [0.3, 0.4) is 0 Å². The van der Waals surface area contributed by atoms with Gasteiger partial charge < -0.3 is 118 Å². The van der Waals surface area contributed by atoms with E-state index in [1.807, 2.05) is 24.3 Å². The van der Waals surface area contributed by atoms with Gasteiger partial charge in [0.25, 0.3) is 11.8 Å². The normalized spacial score (nSPS) is 23.5. The smallest absolute Gasteiger partial charge is 0.251 e. The first kappa shape index (κ1) is 78.6. The van der Waals surface area contributed by atoms with E-state index in [0.29, 0.717) is 144 Å². The number of fused-ring (bicyclic) bond motifs is 6. The van der Waals surface area contributed by atoms with Gasteiger partial charge in [0.15, 0.2) is 0 Å². The number of hydrogen-bond donors (Lipinski definition) is 9. The Morgan fingerprint density at radius 1 is 0.505 bits per heavy atom. The number of carbonyl (C=O) groups is 4. The molecule has 2 saturated heterocycles. The highest BCUT2D eigenvalue weighted by atomic mass is 35.5. The number of aliphatic hydroxyl groups excluding tert-OH is 8. The van der Waals surface area contributed by atoms with E-state index < -0.39 is 86.4 Å². The van der Waals surface area contributed by atoms with E-state index in [-0.39, 0.29) is 80.5 Å². The molecule has 1 unspecified atom stereocenters. The van der Waals surface area contributed by atoms with Crippen molar-refractivity contribution in [3.05, 3.63) is 113 Å². The second-order valence-corrected chi connectivity index (χ2v) is 24.9. The van der Waals surface area contributed by atoms with Crippen LogP contribution >= 0.6 is 23.2 Å². The van der Waals surface area contributed by atoms with Crippen LogP contribution in [0.1, 0.15) is 59.8 Å². The molecule has 9 rings (SSSR count). The lowest BCUT2D eigenvalue weighted by atomic mass is 9.95. The van der Waals surface area contributed by atoms with Crippen LogP contribution in [0.2, 0.25) is 0 Å². The molecule has 12 atom stereocenters. The number of unbranched alkanes of at least 4 members (excludes halogenated alkanes) is 2. The number of carbonyl (C=O) groups excluding carboxylic acids is 4. The third kappa shape index (κ3) is 21.1.